The van der Waals surface area contributed by atoms with Crippen molar-refractivity contribution in [3.05, 3.63) is 99.5 Å². The van der Waals surface area contributed by atoms with Gasteiger partial charge in [-0.2, -0.15) is 0 Å². The Morgan fingerprint density at radius 2 is 1.41 bits per heavy atom. The third-order valence-corrected chi connectivity index (χ3v) is 5.18. The first-order valence-electron chi connectivity index (χ1n) is 8.64. The van der Waals surface area contributed by atoms with E-state index in [2.05, 4.69) is 5.32 Å². The number of amidine groups is 1. The molecular formula is C22H18Cl2N2O. The standard InChI is InChI=1S/C22H18Cl2N2O/c1-27-19-5-3-2-4-18(19)22-25-20(14-6-10-16(23)11-7-14)21(26-22)15-8-12-17(24)13-9-15/h2-13,20-21H,1H3,(H,25,26)/t20-,21+. The van der Waals surface area contributed by atoms with Crippen molar-refractivity contribution in [2.45, 2.75) is 12.1 Å². The summed E-state index contributed by atoms with van der Waals surface area (Å²) in [6.07, 6.45) is 0. The van der Waals surface area contributed by atoms with Crippen LogP contribution in [0.25, 0.3) is 0 Å². The van der Waals surface area contributed by atoms with Gasteiger partial charge in [-0.05, 0) is 47.5 Å². The summed E-state index contributed by atoms with van der Waals surface area (Å²) in [6, 6.07) is 23.5. The smallest absolute Gasteiger partial charge is 0.133 e. The van der Waals surface area contributed by atoms with Crippen LogP contribution in [0.4, 0.5) is 0 Å². The summed E-state index contributed by atoms with van der Waals surface area (Å²) in [7, 11) is 1.67. The molecule has 136 valence electrons. The molecule has 0 bridgehead atoms. The number of ether oxygens (including phenoxy) is 1. The van der Waals surface area contributed by atoms with Gasteiger partial charge in [0.15, 0.2) is 0 Å². The first kappa shape index (κ1) is 17.9. The number of nitrogens with zero attached hydrogens (tertiary/aromatic N) is 1. The van der Waals surface area contributed by atoms with Crippen LogP contribution in [0.1, 0.15) is 28.8 Å². The molecule has 3 aromatic carbocycles. The van der Waals surface area contributed by atoms with E-state index in [9.17, 15) is 0 Å². The number of hydrogen-bond acceptors (Lipinski definition) is 3. The maximum Gasteiger partial charge on any atom is 0.133 e. The lowest BCUT2D eigenvalue weighted by atomic mass is 9.95. The lowest BCUT2D eigenvalue weighted by Gasteiger charge is -2.20. The average Bonchev–Trinajstić information content (AvgIpc) is 3.14. The van der Waals surface area contributed by atoms with Crippen LogP contribution in [0.5, 0.6) is 5.75 Å². The van der Waals surface area contributed by atoms with Gasteiger partial charge in [0, 0.05) is 10.0 Å². The Morgan fingerprint density at radius 3 is 2.04 bits per heavy atom. The summed E-state index contributed by atoms with van der Waals surface area (Å²) in [5, 5.41) is 5.00. The molecule has 3 aromatic rings. The topological polar surface area (TPSA) is 33.6 Å². The van der Waals surface area contributed by atoms with E-state index in [-0.39, 0.29) is 12.1 Å². The van der Waals surface area contributed by atoms with Crippen molar-refractivity contribution in [1.29, 1.82) is 0 Å². The van der Waals surface area contributed by atoms with Gasteiger partial charge in [-0.3, -0.25) is 4.99 Å². The van der Waals surface area contributed by atoms with Gasteiger partial charge >= 0.3 is 0 Å². The maximum absolute atomic E-state index is 6.07. The van der Waals surface area contributed by atoms with Crippen LogP contribution in [0, 0.1) is 0 Å². The van der Waals surface area contributed by atoms with Crippen LogP contribution < -0.4 is 10.1 Å². The van der Waals surface area contributed by atoms with E-state index in [0.717, 1.165) is 28.3 Å². The van der Waals surface area contributed by atoms with Crippen LogP contribution in [0.3, 0.4) is 0 Å². The second kappa shape index (κ2) is 7.63. The molecule has 2 atom stereocenters. The van der Waals surface area contributed by atoms with Crippen molar-refractivity contribution in [3.8, 4) is 5.75 Å². The molecule has 0 radical (unpaired) electrons. The van der Waals surface area contributed by atoms with Gasteiger partial charge in [0.1, 0.15) is 17.6 Å². The molecule has 5 heteroatoms. The fourth-order valence-corrected chi connectivity index (χ4v) is 3.58. The first-order valence-corrected chi connectivity index (χ1v) is 9.40. The summed E-state index contributed by atoms with van der Waals surface area (Å²) >= 11 is 12.1. The highest BCUT2D eigenvalue weighted by atomic mass is 35.5. The Labute approximate surface area is 168 Å². The van der Waals surface area contributed by atoms with Crippen molar-refractivity contribution >= 4 is 29.0 Å². The lowest BCUT2D eigenvalue weighted by Crippen LogP contribution is -2.25. The largest absolute Gasteiger partial charge is 0.496 e. The molecule has 3 nitrogen and oxygen atoms in total. The molecule has 1 aliphatic heterocycles. The molecule has 0 spiro atoms. The molecule has 0 saturated heterocycles. The van der Waals surface area contributed by atoms with Gasteiger partial charge in [0.25, 0.3) is 0 Å². The van der Waals surface area contributed by atoms with Crippen LogP contribution >= 0.6 is 23.2 Å². The highest BCUT2D eigenvalue weighted by Crippen LogP contribution is 2.38. The van der Waals surface area contributed by atoms with E-state index in [4.69, 9.17) is 32.9 Å². The summed E-state index contributed by atoms with van der Waals surface area (Å²) in [5.41, 5.74) is 3.15. The Hall–Kier alpha value is -2.49. The summed E-state index contributed by atoms with van der Waals surface area (Å²) < 4.78 is 5.52. The summed E-state index contributed by atoms with van der Waals surface area (Å²) in [4.78, 5) is 5.00. The molecule has 27 heavy (non-hydrogen) atoms. The van der Waals surface area contributed by atoms with Gasteiger partial charge in [-0.25, -0.2) is 0 Å². The van der Waals surface area contributed by atoms with Gasteiger partial charge in [-0.1, -0.05) is 59.6 Å². The van der Waals surface area contributed by atoms with Crippen molar-refractivity contribution in [2.75, 3.05) is 7.11 Å². The Bertz CT molecular complexity index is 968. The number of nitrogens with one attached hydrogen (secondary N) is 1. The normalized spacial score (nSPS) is 18.7. The zero-order valence-electron chi connectivity index (χ0n) is 14.7. The lowest BCUT2D eigenvalue weighted by molar-refractivity contribution is 0.413. The molecule has 1 N–H and O–H groups in total. The van der Waals surface area contributed by atoms with Crippen LogP contribution in [-0.2, 0) is 0 Å². The summed E-state index contributed by atoms with van der Waals surface area (Å²) in [5.74, 6) is 1.60. The molecule has 1 aliphatic rings. The van der Waals surface area contributed by atoms with Gasteiger partial charge in [-0.15, -0.1) is 0 Å². The van der Waals surface area contributed by atoms with Gasteiger partial charge < -0.3 is 10.1 Å². The number of aliphatic imine (C=N–C) groups is 1. The molecule has 0 fully saturated rings. The van der Waals surface area contributed by atoms with Crippen molar-refractivity contribution in [3.63, 3.8) is 0 Å². The minimum Gasteiger partial charge on any atom is -0.496 e. The van der Waals surface area contributed by atoms with Gasteiger partial charge in [0.2, 0.25) is 0 Å². The number of benzene rings is 3. The van der Waals surface area contributed by atoms with E-state index in [1.165, 1.54) is 0 Å². The van der Waals surface area contributed by atoms with Crippen molar-refractivity contribution in [2.24, 2.45) is 4.99 Å². The molecule has 0 unspecified atom stereocenters. The quantitative estimate of drug-likeness (QED) is 0.601. The number of rotatable bonds is 4. The average molecular weight is 397 g/mol. The first-order chi connectivity index (χ1) is 13.2. The fraction of sp³-hybridized carbons (Fsp3) is 0.136. The summed E-state index contributed by atoms with van der Waals surface area (Å²) in [6.45, 7) is 0. The zero-order chi connectivity index (χ0) is 18.8. The van der Waals surface area contributed by atoms with E-state index in [1.807, 2.05) is 72.8 Å². The minimum atomic E-state index is -0.0802. The predicted octanol–water partition coefficient (Wildman–Crippen LogP) is 5.83. The van der Waals surface area contributed by atoms with Crippen LogP contribution in [0.2, 0.25) is 10.0 Å². The second-order valence-corrected chi connectivity index (χ2v) is 7.22. The molecular weight excluding hydrogens is 379 g/mol. The minimum absolute atomic E-state index is 0.0108. The van der Waals surface area contributed by atoms with Crippen LogP contribution in [-0.4, -0.2) is 12.9 Å². The predicted molar refractivity (Wildman–Crippen MR) is 111 cm³/mol. The second-order valence-electron chi connectivity index (χ2n) is 6.35. The number of para-hydroxylation sites is 1. The maximum atomic E-state index is 6.07. The van der Waals surface area contributed by atoms with Crippen molar-refractivity contribution in [1.82, 2.24) is 5.32 Å². The van der Waals surface area contributed by atoms with Crippen molar-refractivity contribution < 1.29 is 4.74 Å². The molecule has 0 saturated carbocycles. The van der Waals surface area contributed by atoms with E-state index >= 15 is 0 Å². The van der Waals surface area contributed by atoms with Gasteiger partial charge in [0.05, 0.1) is 18.7 Å². The highest BCUT2D eigenvalue weighted by molar-refractivity contribution is 6.30. The monoisotopic (exact) mass is 396 g/mol. The molecule has 0 aliphatic carbocycles. The number of halogens is 2. The number of hydrogen-bond donors (Lipinski definition) is 1. The zero-order valence-corrected chi connectivity index (χ0v) is 16.2. The SMILES string of the molecule is COc1ccccc1C1=N[C@@H](c2ccc(Cl)cc2)[C@@H](c2ccc(Cl)cc2)N1. The fourth-order valence-electron chi connectivity index (χ4n) is 3.33. The third-order valence-electron chi connectivity index (χ3n) is 4.68. The molecule has 0 amide bonds. The third kappa shape index (κ3) is 3.66. The Morgan fingerprint density at radius 1 is 0.815 bits per heavy atom. The van der Waals surface area contributed by atoms with Crippen LogP contribution in [0.15, 0.2) is 77.8 Å². The Balaban J connectivity index is 1.77. The number of methoxy groups -OCH3 is 1. The van der Waals surface area contributed by atoms with E-state index < -0.39 is 0 Å². The van der Waals surface area contributed by atoms with E-state index in [1.54, 1.807) is 7.11 Å². The Kier molecular flexibility index (Phi) is 5.06. The molecule has 1 heterocycles. The molecule has 4 rings (SSSR count). The molecule has 0 aromatic heterocycles. The highest BCUT2D eigenvalue weighted by Gasteiger charge is 2.32. The van der Waals surface area contributed by atoms with E-state index in [0.29, 0.717) is 10.0 Å².